The Bertz CT molecular complexity index is 555. The van der Waals surface area contributed by atoms with Crippen molar-refractivity contribution in [3.8, 4) is 17.0 Å². The summed E-state index contributed by atoms with van der Waals surface area (Å²) in [6, 6.07) is 8.27. The number of aromatic nitrogens is 2. The van der Waals surface area contributed by atoms with E-state index < -0.39 is 5.97 Å². The molecule has 86 valence electrons. The lowest BCUT2D eigenvalue weighted by atomic mass is 10.1. The summed E-state index contributed by atoms with van der Waals surface area (Å²) in [7, 11) is 0. The van der Waals surface area contributed by atoms with Crippen LogP contribution >= 0.6 is 0 Å². The fraction of sp³-hybridized carbons (Fsp3) is 0.0833. The lowest BCUT2D eigenvalue weighted by Gasteiger charge is -2.02. The first-order valence-electron chi connectivity index (χ1n) is 4.98. The average Bonchev–Trinajstić information content (AvgIpc) is 2.28. The van der Waals surface area contributed by atoms with Gasteiger partial charge in [-0.25, -0.2) is 9.97 Å². The Hall–Kier alpha value is -2.43. The highest BCUT2D eigenvalue weighted by molar-refractivity contribution is 5.69. The van der Waals surface area contributed by atoms with E-state index in [1.165, 1.54) is 6.20 Å². The monoisotopic (exact) mass is 230 g/mol. The van der Waals surface area contributed by atoms with E-state index in [-0.39, 0.29) is 18.0 Å². The van der Waals surface area contributed by atoms with Gasteiger partial charge in [-0.1, -0.05) is 12.1 Å². The molecule has 0 radical (unpaired) electrons. The Morgan fingerprint density at radius 2 is 2.12 bits per heavy atom. The molecule has 0 saturated heterocycles. The fourth-order valence-corrected chi connectivity index (χ4v) is 1.45. The lowest BCUT2D eigenvalue weighted by molar-refractivity contribution is -0.136. The number of aromatic hydroxyl groups is 1. The van der Waals surface area contributed by atoms with Gasteiger partial charge in [0.25, 0.3) is 0 Å². The molecule has 0 spiro atoms. The summed E-state index contributed by atoms with van der Waals surface area (Å²) in [6.07, 6.45) is 1.29. The highest BCUT2D eigenvalue weighted by Crippen LogP contribution is 2.20. The van der Waals surface area contributed by atoms with Crippen LogP contribution in [0, 0.1) is 0 Å². The second kappa shape index (κ2) is 4.61. The number of benzene rings is 1. The third-order valence-corrected chi connectivity index (χ3v) is 2.16. The molecule has 2 aromatic rings. The van der Waals surface area contributed by atoms with Crippen molar-refractivity contribution < 1.29 is 15.0 Å². The van der Waals surface area contributed by atoms with Crippen molar-refractivity contribution in [3.05, 3.63) is 42.4 Å². The number of hydrogen-bond acceptors (Lipinski definition) is 4. The lowest BCUT2D eigenvalue weighted by Crippen LogP contribution is -2.05. The molecule has 0 saturated carbocycles. The number of aliphatic carboxylic acids is 1. The molecule has 1 aromatic carbocycles. The zero-order chi connectivity index (χ0) is 12.3. The van der Waals surface area contributed by atoms with E-state index in [9.17, 15) is 9.90 Å². The largest absolute Gasteiger partial charge is 0.508 e. The first kappa shape index (κ1) is 11.1. The number of rotatable bonds is 3. The van der Waals surface area contributed by atoms with Crippen molar-refractivity contribution >= 4 is 5.97 Å². The van der Waals surface area contributed by atoms with Crippen LogP contribution < -0.4 is 0 Å². The van der Waals surface area contributed by atoms with E-state index in [0.29, 0.717) is 5.69 Å². The van der Waals surface area contributed by atoms with E-state index in [2.05, 4.69) is 9.97 Å². The molecule has 0 amide bonds. The highest BCUT2D eigenvalue weighted by Gasteiger charge is 2.06. The van der Waals surface area contributed by atoms with Gasteiger partial charge >= 0.3 is 5.97 Å². The summed E-state index contributed by atoms with van der Waals surface area (Å²) in [4.78, 5) is 18.5. The van der Waals surface area contributed by atoms with Gasteiger partial charge in [0.05, 0.1) is 5.69 Å². The van der Waals surface area contributed by atoms with E-state index in [1.54, 1.807) is 30.3 Å². The number of phenolic OH excluding ortho intramolecular Hbond substituents is 1. The molecule has 0 bridgehead atoms. The zero-order valence-corrected chi connectivity index (χ0v) is 8.87. The maximum atomic E-state index is 10.6. The van der Waals surface area contributed by atoms with Crippen molar-refractivity contribution in [3.63, 3.8) is 0 Å². The smallest absolute Gasteiger partial charge is 0.311 e. The van der Waals surface area contributed by atoms with Gasteiger partial charge in [0.1, 0.15) is 18.0 Å². The third kappa shape index (κ3) is 2.78. The second-order valence-corrected chi connectivity index (χ2v) is 3.48. The van der Waals surface area contributed by atoms with Crippen LogP contribution in [0.1, 0.15) is 5.82 Å². The number of carboxylic acids is 1. The Kier molecular flexibility index (Phi) is 3.00. The summed E-state index contributed by atoms with van der Waals surface area (Å²) in [5.41, 5.74) is 1.31. The highest BCUT2D eigenvalue weighted by atomic mass is 16.4. The van der Waals surface area contributed by atoms with Gasteiger partial charge in [-0.05, 0) is 18.2 Å². The van der Waals surface area contributed by atoms with Crippen molar-refractivity contribution in [1.82, 2.24) is 9.97 Å². The van der Waals surface area contributed by atoms with Crippen molar-refractivity contribution in [2.75, 3.05) is 0 Å². The van der Waals surface area contributed by atoms with Crippen LogP contribution in [0.5, 0.6) is 5.75 Å². The molecule has 17 heavy (non-hydrogen) atoms. The SMILES string of the molecule is O=C(O)Cc1nccc(-c2cccc(O)c2)n1. The number of carbonyl (C=O) groups is 1. The van der Waals surface area contributed by atoms with Gasteiger partial charge < -0.3 is 10.2 Å². The van der Waals surface area contributed by atoms with Crippen molar-refractivity contribution in [2.45, 2.75) is 6.42 Å². The van der Waals surface area contributed by atoms with E-state index in [4.69, 9.17) is 5.11 Å². The molecular weight excluding hydrogens is 220 g/mol. The Morgan fingerprint density at radius 3 is 2.82 bits per heavy atom. The van der Waals surface area contributed by atoms with Gasteiger partial charge in [0, 0.05) is 11.8 Å². The molecule has 0 fully saturated rings. The predicted octanol–water partition coefficient (Wildman–Crippen LogP) is 1.48. The molecule has 2 rings (SSSR count). The first-order valence-corrected chi connectivity index (χ1v) is 4.98. The second-order valence-electron chi connectivity index (χ2n) is 3.48. The Morgan fingerprint density at radius 1 is 1.29 bits per heavy atom. The minimum absolute atomic E-state index is 0.140. The molecular formula is C12H10N2O3. The molecule has 5 heteroatoms. The van der Waals surface area contributed by atoms with Crippen LogP contribution in [0.15, 0.2) is 36.5 Å². The maximum Gasteiger partial charge on any atom is 0.311 e. The topological polar surface area (TPSA) is 83.3 Å². The van der Waals surface area contributed by atoms with Crippen LogP contribution in [0.25, 0.3) is 11.3 Å². The fourth-order valence-electron chi connectivity index (χ4n) is 1.45. The van der Waals surface area contributed by atoms with E-state index in [0.717, 1.165) is 5.56 Å². The van der Waals surface area contributed by atoms with Crippen LogP contribution in [-0.4, -0.2) is 26.2 Å². The van der Waals surface area contributed by atoms with Crippen LogP contribution in [0.2, 0.25) is 0 Å². The van der Waals surface area contributed by atoms with Crippen LogP contribution in [-0.2, 0) is 11.2 Å². The van der Waals surface area contributed by atoms with E-state index in [1.807, 2.05) is 0 Å². The summed E-state index contributed by atoms with van der Waals surface area (Å²) >= 11 is 0. The first-order chi connectivity index (χ1) is 8.15. The Balaban J connectivity index is 2.36. The molecule has 1 heterocycles. The number of phenols is 1. The summed E-state index contributed by atoms with van der Waals surface area (Å²) in [6.45, 7) is 0. The zero-order valence-electron chi connectivity index (χ0n) is 8.87. The number of nitrogens with zero attached hydrogens (tertiary/aromatic N) is 2. The average molecular weight is 230 g/mol. The van der Waals surface area contributed by atoms with Gasteiger partial charge in [-0.3, -0.25) is 4.79 Å². The maximum absolute atomic E-state index is 10.6. The summed E-state index contributed by atoms with van der Waals surface area (Å²) < 4.78 is 0. The van der Waals surface area contributed by atoms with Crippen molar-refractivity contribution in [2.24, 2.45) is 0 Å². The van der Waals surface area contributed by atoms with Crippen LogP contribution in [0.4, 0.5) is 0 Å². The Labute approximate surface area is 97.4 Å². The predicted molar refractivity (Wildman–Crippen MR) is 60.5 cm³/mol. The molecule has 0 aliphatic heterocycles. The summed E-state index contributed by atoms with van der Waals surface area (Å²) in [5, 5.41) is 18.0. The standard InChI is InChI=1S/C12H10N2O3/c15-9-3-1-2-8(6-9)10-4-5-13-11(14-10)7-12(16)17/h1-6,15H,7H2,(H,16,17). The van der Waals surface area contributed by atoms with Gasteiger partial charge in [0.2, 0.25) is 0 Å². The number of hydrogen-bond donors (Lipinski definition) is 2. The van der Waals surface area contributed by atoms with Crippen LogP contribution in [0.3, 0.4) is 0 Å². The normalized spacial score (nSPS) is 10.1. The molecule has 0 atom stereocenters. The van der Waals surface area contributed by atoms with Crippen molar-refractivity contribution in [1.29, 1.82) is 0 Å². The minimum atomic E-state index is -0.974. The quantitative estimate of drug-likeness (QED) is 0.834. The summed E-state index contributed by atoms with van der Waals surface area (Å²) in [5.74, 6) is -0.586. The molecule has 2 N–H and O–H groups in total. The van der Waals surface area contributed by atoms with Gasteiger partial charge in [0.15, 0.2) is 0 Å². The molecule has 0 aliphatic rings. The van der Waals surface area contributed by atoms with Gasteiger partial charge in [-0.15, -0.1) is 0 Å². The molecule has 0 unspecified atom stereocenters. The molecule has 0 aliphatic carbocycles. The third-order valence-electron chi connectivity index (χ3n) is 2.16. The molecule has 1 aromatic heterocycles. The van der Waals surface area contributed by atoms with Gasteiger partial charge in [-0.2, -0.15) is 0 Å². The minimum Gasteiger partial charge on any atom is -0.508 e. The number of carboxylic acid groups (broad SMARTS) is 1. The molecule has 5 nitrogen and oxygen atoms in total. The van der Waals surface area contributed by atoms with E-state index >= 15 is 0 Å².